The summed E-state index contributed by atoms with van der Waals surface area (Å²) in [7, 11) is 1.83. The minimum Gasteiger partial charge on any atom is -0.313 e. The molecule has 0 aliphatic heterocycles. The van der Waals surface area contributed by atoms with Crippen molar-refractivity contribution in [1.82, 2.24) is 5.32 Å². The molecule has 0 aromatic heterocycles. The molecule has 1 saturated carbocycles. The molecule has 2 atom stereocenters. The monoisotopic (exact) mass is 225 g/mol. The Labute approximate surface area is 94.9 Å². The molecule has 3 heteroatoms. The van der Waals surface area contributed by atoms with Crippen molar-refractivity contribution < 1.29 is 8.78 Å². The van der Waals surface area contributed by atoms with Crippen molar-refractivity contribution in [3.8, 4) is 0 Å². The van der Waals surface area contributed by atoms with Crippen LogP contribution in [0.2, 0.25) is 0 Å². The lowest BCUT2D eigenvalue weighted by Gasteiger charge is -2.24. The largest absolute Gasteiger partial charge is 0.313 e. The van der Waals surface area contributed by atoms with Crippen LogP contribution in [0, 0.1) is 23.5 Å². The van der Waals surface area contributed by atoms with Gasteiger partial charge in [-0.05, 0) is 37.8 Å². The Bertz CT molecular complexity index is 374. The summed E-state index contributed by atoms with van der Waals surface area (Å²) >= 11 is 0. The number of rotatable bonds is 4. The lowest BCUT2D eigenvalue weighted by atomic mass is 9.90. The van der Waals surface area contributed by atoms with Crippen LogP contribution in [0.5, 0.6) is 0 Å². The van der Waals surface area contributed by atoms with Crippen molar-refractivity contribution in [2.75, 3.05) is 7.05 Å². The number of nitrogens with one attached hydrogen (secondary N) is 1. The highest BCUT2D eigenvalue weighted by atomic mass is 19.1. The predicted octanol–water partition coefficient (Wildman–Crippen LogP) is 3.27. The van der Waals surface area contributed by atoms with Gasteiger partial charge in [-0.25, -0.2) is 8.78 Å². The molecule has 0 heterocycles. The van der Waals surface area contributed by atoms with Gasteiger partial charge in [0.05, 0.1) is 0 Å². The van der Waals surface area contributed by atoms with Crippen LogP contribution in [0.25, 0.3) is 0 Å². The lowest BCUT2D eigenvalue weighted by molar-refractivity contribution is 0.358. The van der Waals surface area contributed by atoms with Crippen molar-refractivity contribution in [1.29, 1.82) is 0 Å². The van der Waals surface area contributed by atoms with E-state index in [-0.39, 0.29) is 6.04 Å². The molecule has 1 aromatic rings. The topological polar surface area (TPSA) is 12.0 Å². The summed E-state index contributed by atoms with van der Waals surface area (Å²) in [6.45, 7) is 2.13. The normalized spacial score (nSPS) is 19.5. The van der Waals surface area contributed by atoms with Crippen molar-refractivity contribution in [3.63, 3.8) is 0 Å². The van der Waals surface area contributed by atoms with E-state index in [0.717, 1.165) is 6.07 Å². The van der Waals surface area contributed by atoms with Gasteiger partial charge >= 0.3 is 0 Å². The molecule has 0 spiro atoms. The van der Waals surface area contributed by atoms with E-state index in [9.17, 15) is 8.78 Å². The summed E-state index contributed by atoms with van der Waals surface area (Å²) in [5.41, 5.74) is 0.572. The van der Waals surface area contributed by atoms with Crippen LogP contribution in [-0.4, -0.2) is 7.05 Å². The summed E-state index contributed by atoms with van der Waals surface area (Å²) in [6.07, 6.45) is 2.45. The van der Waals surface area contributed by atoms with Crippen LogP contribution in [-0.2, 0) is 0 Å². The molecule has 16 heavy (non-hydrogen) atoms. The molecule has 0 bridgehead atoms. The van der Waals surface area contributed by atoms with Crippen LogP contribution in [0.15, 0.2) is 18.2 Å². The molecular formula is C13H17F2N. The molecule has 1 aliphatic rings. The number of halogens is 2. The van der Waals surface area contributed by atoms with Crippen molar-refractivity contribution >= 4 is 0 Å². The highest BCUT2D eigenvalue weighted by molar-refractivity contribution is 5.23. The molecule has 1 aromatic carbocycles. The SMILES string of the molecule is CNC(c1ccc(F)cc1F)C(C)C1CC1. The molecule has 2 rings (SSSR count). The summed E-state index contributed by atoms with van der Waals surface area (Å²) in [5, 5.41) is 3.14. The van der Waals surface area contributed by atoms with Crippen LogP contribution >= 0.6 is 0 Å². The maximum Gasteiger partial charge on any atom is 0.130 e. The van der Waals surface area contributed by atoms with Gasteiger partial charge in [0.1, 0.15) is 11.6 Å². The number of benzene rings is 1. The lowest BCUT2D eigenvalue weighted by Crippen LogP contribution is -2.25. The van der Waals surface area contributed by atoms with Crippen LogP contribution in [0.4, 0.5) is 8.78 Å². The second-order valence-corrected chi connectivity index (χ2v) is 4.63. The van der Waals surface area contributed by atoms with Gasteiger partial charge in [0.2, 0.25) is 0 Å². The van der Waals surface area contributed by atoms with Gasteiger partial charge < -0.3 is 5.32 Å². The van der Waals surface area contributed by atoms with Gasteiger partial charge in [-0.1, -0.05) is 13.0 Å². The van der Waals surface area contributed by atoms with Gasteiger partial charge in [-0.15, -0.1) is 0 Å². The van der Waals surface area contributed by atoms with Crippen molar-refractivity contribution in [3.05, 3.63) is 35.4 Å². The average Bonchev–Trinajstić information content (AvgIpc) is 3.05. The summed E-state index contributed by atoms with van der Waals surface area (Å²) in [6, 6.07) is 3.81. The second-order valence-electron chi connectivity index (χ2n) is 4.63. The number of hydrogen-bond acceptors (Lipinski definition) is 1. The molecule has 0 saturated heterocycles. The Morgan fingerprint density at radius 2 is 2.00 bits per heavy atom. The van der Waals surface area contributed by atoms with E-state index in [1.807, 2.05) is 7.05 Å². The molecule has 1 N–H and O–H groups in total. The van der Waals surface area contributed by atoms with Crippen LogP contribution < -0.4 is 5.32 Å². The fourth-order valence-corrected chi connectivity index (χ4v) is 2.35. The average molecular weight is 225 g/mol. The van der Waals surface area contributed by atoms with Crippen LogP contribution in [0.1, 0.15) is 31.4 Å². The summed E-state index contributed by atoms with van der Waals surface area (Å²) < 4.78 is 26.5. The van der Waals surface area contributed by atoms with Crippen LogP contribution in [0.3, 0.4) is 0 Å². The smallest absolute Gasteiger partial charge is 0.130 e. The minimum atomic E-state index is -0.518. The number of hydrogen-bond donors (Lipinski definition) is 1. The van der Waals surface area contributed by atoms with Crippen molar-refractivity contribution in [2.45, 2.75) is 25.8 Å². The van der Waals surface area contributed by atoms with Gasteiger partial charge in [-0.3, -0.25) is 0 Å². The quantitative estimate of drug-likeness (QED) is 0.829. The Morgan fingerprint density at radius 3 is 2.50 bits per heavy atom. The first-order valence-electron chi connectivity index (χ1n) is 5.75. The van der Waals surface area contributed by atoms with E-state index in [0.29, 0.717) is 17.4 Å². The molecule has 0 amide bonds. The van der Waals surface area contributed by atoms with Gasteiger partial charge in [-0.2, -0.15) is 0 Å². The standard InChI is InChI=1S/C13H17F2N/c1-8(9-3-4-9)13(16-2)11-6-5-10(14)7-12(11)15/h5-9,13,16H,3-4H2,1-2H3. The first-order valence-corrected chi connectivity index (χ1v) is 5.75. The Kier molecular flexibility index (Phi) is 3.24. The fourth-order valence-electron chi connectivity index (χ4n) is 2.35. The van der Waals surface area contributed by atoms with E-state index in [2.05, 4.69) is 12.2 Å². The third kappa shape index (κ3) is 2.24. The van der Waals surface area contributed by atoms with E-state index < -0.39 is 11.6 Å². The second kappa shape index (κ2) is 4.50. The third-order valence-corrected chi connectivity index (χ3v) is 3.50. The molecular weight excluding hydrogens is 208 g/mol. The Morgan fingerprint density at radius 1 is 1.31 bits per heavy atom. The maximum absolute atomic E-state index is 13.7. The first-order chi connectivity index (χ1) is 7.63. The summed E-state index contributed by atoms with van der Waals surface area (Å²) in [5.74, 6) is 0.105. The molecule has 0 radical (unpaired) electrons. The molecule has 1 fully saturated rings. The zero-order valence-electron chi connectivity index (χ0n) is 9.63. The first kappa shape index (κ1) is 11.5. The third-order valence-electron chi connectivity index (χ3n) is 3.50. The molecule has 1 nitrogen and oxygen atoms in total. The van der Waals surface area contributed by atoms with Gasteiger partial charge in [0.15, 0.2) is 0 Å². The molecule has 2 unspecified atom stereocenters. The highest BCUT2D eigenvalue weighted by Crippen LogP contribution is 2.42. The van der Waals surface area contributed by atoms with E-state index in [1.54, 1.807) is 6.07 Å². The molecule has 88 valence electrons. The predicted molar refractivity (Wildman–Crippen MR) is 60.0 cm³/mol. The zero-order chi connectivity index (χ0) is 11.7. The van der Waals surface area contributed by atoms with E-state index in [1.165, 1.54) is 18.9 Å². The fraction of sp³-hybridized carbons (Fsp3) is 0.538. The highest BCUT2D eigenvalue weighted by Gasteiger charge is 2.34. The maximum atomic E-state index is 13.7. The summed E-state index contributed by atoms with van der Waals surface area (Å²) in [4.78, 5) is 0. The van der Waals surface area contributed by atoms with Gasteiger partial charge in [0.25, 0.3) is 0 Å². The minimum absolute atomic E-state index is 0.0203. The van der Waals surface area contributed by atoms with E-state index in [4.69, 9.17) is 0 Å². The molecule has 1 aliphatic carbocycles. The Hall–Kier alpha value is -0.960. The van der Waals surface area contributed by atoms with Gasteiger partial charge in [0, 0.05) is 17.7 Å². The zero-order valence-corrected chi connectivity index (χ0v) is 9.63. The van der Waals surface area contributed by atoms with E-state index >= 15 is 0 Å². The Balaban J connectivity index is 2.24. The van der Waals surface area contributed by atoms with Crippen molar-refractivity contribution in [2.24, 2.45) is 11.8 Å².